The topological polar surface area (TPSA) is 8.82 Å². The molecule has 3 aromatic heterocycles. The average molecular weight is 586 g/mol. The Hall–Kier alpha value is -4.86. The standard InChI is InChI=1S/C38H21BrN2/c39-25-16-17-27-28-13-7-15-33-37(28)41(35(27)21-25)34-20-23-9-2-1-8-22(23)18-30(34)31-19-24-10-3-4-11-26(24)36-29-12-5-6-14-32(29)40(33)38(31)36/h1-21H. The van der Waals surface area contributed by atoms with Crippen LogP contribution in [0.2, 0.25) is 0 Å². The summed E-state index contributed by atoms with van der Waals surface area (Å²) >= 11 is 3.79. The molecule has 0 fully saturated rings. The number of hydrogen-bond donors (Lipinski definition) is 0. The van der Waals surface area contributed by atoms with Crippen LogP contribution in [0.15, 0.2) is 132 Å². The van der Waals surface area contributed by atoms with Gasteiger partial charge in [-0.15, -0.1) is 0 Å². The number of fused-ring (bicyclic) bond motifs is 13. The normalized spacial score (nSPS) is 12.5. The van der Waals surface area contributed by atoms with E-state index in [0.717, 1.165) is 4.47 Å². The van der Waals surface area contributed by atoms with Gasteiger partial charge in [-0.25, -0.2) is 0 Å². The van der Waals surface area contributed by atoms with Gasteiger partial charge in [0.15, 0.2) is 0 Å². The summed E-state index contributed by atoms with van der Waals surface area (Å²) in [4.78, 5) is 0. The Kier molecular flexibility index (Phi) is 4.09. The molecule has 0 unspecified atom stereocenters. The minimum atomic E-state index is 1.08. The first-order valence-electron chi connectivity index (χ1n) is 14.0. The minimum absolute atomic E-state index is 1.08. The summed E-state index contributed by atoms with van der Waals surface area (Å²) in [6, 6.07) is 47.2. The quantitative estimate of drug-likeness (QED) is 0.167. The van der Waals surface area contributed by atoms with Gasteiger partial charge in [0.2, 0.25) is 0 Å². The van der Waals surface area contributed by atoms with Crippen LogP contribution < -0.4 is 0 Å². The number of hydrogen-bond acceptors (Lipinski definition) is 0. The molecular weight excluding hydrogens is 564 g/mol. The van der Waals surface area contributed by atoms with E-state index in [4.69, 9.17) is 0 Å². The fraction of sp³-hybridized carbons (Fsp3) is 0. The van der Waals surface area contributed by atoms with Crippen LogP contribution in [-0.2, 0) is 0 Å². The molecule has 0 saturated carbocycles. The van der Waals surface area contributed by atoms with Gasteiger partial charge in [0.05, 0.1) is 33.1 Å². The maximum Gasteiger partial charge on any atom is 0.0782 e. The summed E-state index contributed by atoms with van der Waals surface area (Å²) < 4.78 is 6.11. The van der Waals surface area contributed by atoms with E-state index in [1.807, 2.05) is 0 Å². The van der Waals surface area contributed by atoms with Crippen LogP contribution in [-0.4, -0.2) is 8.80 Å². The summed E-state index contributed by atoms with van der Waals surface area (Å²) in [6.07, 6.45) is 0. The maximum atomic E-state index is 3.79. The molecule has 0 amide bonds. The number of benzene rings is 7. The molecule has 0 radical (unpaired) electrons. The van der Waals surface area contributed by atoms with Crippen molar-refractivity contribution in [3.05, 3.63) is 132 Å². The van der Waals surface area contributed by atoms with Gasteiger partial charge in [0, 0.05) is 36.8 Å². The number of para-hydroxylation sites is 2. The summed E-state index contributed by atoms with van der Waals surface area (Å²) in [5.41, 5.74) is 7.36. The van der Waals surface area contributed by atoms with Crippen molar-refractivity contribution in [1.82, 2.24) is 8.80 Å². The van der Waals surface area contributed by atoms with Crippen LogP contribution in [0.3, 0.4) is 0 Å². The van der Waals surface area contributed by atoms with Crippen molar-refractivity contribution >= 4 is 103 Å². The minimum Gasteiger partial charge on any atom is -0.307 e. The Labute approximate surface area is 242 Å². The Bertz CT molecular complexity index is 2760. The second kappa shape index (κ2) is 7.66. The van der Waals surface area contributed by atoms with E-state index in [1.54, 1.807) is 0 Å². The van der Waals surface area contributed by atoms with Gasteiger partial charge in [-0.2, -0.15) is 0 Å². The van der Waals surface area contributed by atoms with Crippen LogP contribution in [0.5, 0.6) is 0 Å². The van der Waals surface area contributed by atoms with Crippen LogP contribution in [0.1, 0.15) is 0 Å². The van der Waals surface area contributed by atoms with E-state index in [2.05, 4.69) is 152 Å². The van der Waals surface area contributed by atoms with Crippen molar-refractivity contribution in [2.75, 3.05) is 0 Å². The number of nitrogens with zero attached hydrogens (tertiary/aromatic N) is 2. The average Bonchev–Trinajstić information content (AvgIpc) is 3.52. The van der Waals surface area contributed by atoms with Gasteiger partial charge >= 0.3 is 0 Å². The molecule has 0 spiro atoms. The first kappa shape index (κ1) is 21.9. The highest BCUT2D eigenvalue weighted by Crippen LogP contribution is 2.43. The first-order valence-corrected chi connectivity index (χ1v) is 14.8. The second-order valence-electron chi connectivity index (χ2n) is 11.1. The molecule has 10 aromatic rings. The van der Waals surface area contributed by atoms with Crippen LogP contribution >= 0.6 is 15.9 Å². The monoisotopic (exact) mass is 584 g/mol. The fourth-order valence-corrected chi connectivity index (χ4v) is 7.73. The van der Waals surface area contributed by atoms with Crippen molar-refractivity contribution in [3.63, 3.8) is 0 Å². The SMILES string of the molecule is Brc1ccc2c3cccc4c3n(c3cc5ccccc5cc3c3cc5ccccc5c5c6ccccc6n4c35)c2c1. The molecule has 3 heterocycles. The van der Waals surface area contributed by atoms with Crippen molar-refractivity contribution in [2.24, 2.45) is 0 Å². The maximum absolute atomic E-state index is 3.79. The molecule has 41 heavy (non-hydrogen) atoms. The molecule has 0 saturated heterocycles. The lowest BCUT2D eigenvalue weighted by Crippen LogP contribution is -1.94. The zero-order chi connectivity index (χ0) is 26.8. The zero-order valence-electron chi connectivity index (χ0n) is 21.9. The Morgan fingerprint density at radius 2 is 1.00 bits per heavy atom. The van der Waals surface area contributed by atoms with Crippen molar-refractivity contribution in [3.8, 4) is 0 Å². The molecule has 0 aliphatic rings. The summed E-state index contributed by atoms with van der Waals surface area (Å²) in [7, 11) is 0. The highest BCUT2D eigenvalue weighted by Gasteiger charge is 2.20. The van der Waals surface area contributed by atoms with E-state index in [9.17, 15) is 0 Å². The van der Waals surface area contributed by atoms with E-state index >= 15 is 0 Å². The molecule has 190 valence electrons. The highest BCUT2D eigenvalue weighted by molar-refractivity contribution is 9.10. The molecule has 10 rings (SSSR count). The van der Waals surface area contributed by atoms with Crippen LogP contribution in [0, 0.1) is 0 Å². The van der Waals surface area contributed by atoms with E-state index in [1.165, 1.54) is 87.0 Å². The summed E-state index contributed by atoms with van der Waals surface area (Å²) in [6.45, 7) is 0. The summed E-state index contributed by atoms with van der Waals surface area (Å²) in [5, 5.41) is 12.7. The lowest BCUT2D eigenvalue weighted by Gasteiger charge is -2.13. The molecule has 0 aliphatic carbocycles. The van der Waals surface area contributed by atoms with Gasteiger partial charge in [-0.05, 0) is 64.0 Å². The summed E-state index contributed by atoms with van der Waals surface area (Å²) in [5.74, 6) is 0. The van der Waals surface area contributed by atoms with E-state index in [0.29, 0.717) is 0 Å². The molecule has 0 N–H and O–H groups in total. The molecule has 0 atom stereocenters. The molecule has 0 bridgehead atoms. The zero-order valence-corrected chi connectivity index (χ0v) is 23.5. The van der Waals surface area contributed by atoms with Crippen molar-refractivity contribution in [1.29, 1.82) is 0 Å². The Morgan fingerprint density at radius 1 is 0.366 bits per heavy atom. The molecule has 3 heteroatoms. The van der Waals surface area contributed by atoms with E-state index < -0.39 is 0 Å². The third kappa shape index (κ3) is 2.72. The lowest BCUT2D eigenvalue weighted by molar-refractivity contribution is 1.30. The predicted octanol–water partition coefficient (Wildman–Crippen LogP) is 11.0. The number of halogens is 1. The number of aromatic nitrogens is 2. The van der Waals surface area contributed by atoms with Crippen LogP contribution in [0.25, 0.3) is 87.0 Å². The van der Waals surface area contributed by atoms with Crippen molar-refractivity contribution in [2.45, 2.75) is 0 Å². The second-order valence-corrected chi connectivity index (χ2v) is 12.0. The Balaban J connectivity index is 1.71. The third-order valence-electron chi connectivity index (χ3n) is 9.02. The van der Waals surface area contributed by atoms with Gasteiger partial charge in [0.25, 0.3) is 0 Å². The highest BCUT2D eigenvalue weighted by atomic mass is 79.9. The van der Waals surface area contributed by atoms with Gasteiger partial charge in [0.1, 0.15) is 0 Å². The molecule has 7 aromatic carbocycles. The lowest BCUT2D eigenvalue weighted by atomic mass is 9.98. The molecule has 2 nitrogen and oxygen atoms in total. The molecule has 0 aliphatic heterocycles. The Morgan fingerprint density at radius 3 is 1.88 bits per heavy atom. The number of rotatable bonds is 0. The first-order chi connectivity index (χ1) is 20.3. The van der Waals surface area contributed by atoms with Gasteiger partial charge in [-0.3, -0.25) is 0 Å². The smallest absolute Gasteiger partial charge is 0.0782 e. The van der Waals surface area contributed by atoms with Gasteiger partial charge < -0.3 is 8.80 Å². The van der Waals surface area contributed by atoms with Crippen LogP contribution in [0.4, 0.5) is 0 Å². The van der Waals surface area contributed by atoms with E-state index in [-0.39, 0.29) is 0 Å². The third-order valence-corrected chi connectivity index (χ3v) is 9.52. The predicted molar refractivity (Wildman–Crippen MR) is 179 cm³/mol. The fourth-order valence-electron chi connectivity index (χ4n) is 7.38. The molecular formula is C38H21BrN2. The van der Waals surface area contributed by atoms with Gasteiger partial charge in [-0.1, -0.05) is 101 Å². The van der Waals surface area contributed by atoms with Crippen molar-refractivity contribution < 1.29 is 0 Å². The largest absolute Gasteiger partial charge is 0.307 e.